The van der Waals surface area contributed by atoms with Gasteiger partial charge in [0, 0.05) is 6.54 Å². The minimum absolute atomic E-state index is 0.196. The first-order valence-corrected chi connectivity index (χ1v) is 9.62. The SMILES string of the molecule is COc1cccc(/C=C2\SC(=O)N(CC(=O)N3CCCC[C@H]3C(=O)[O-])C2=O)c1. The van der Waals surface area contributed by atoms with Crippen molar-refractivity contribution in [3.05, 3.63) is 34.7 Å². The number of ether oxygens (including phenoxy) is 1. The van der Waals surface area contributed by atoms with Gasteiger partial charge in [0.1, 0.15) is 12.3 Å². The van der Waals surface area contributed by atoms with Crippen LogP contribution in [0.2, 0.25) is 0 Å². The highest BCUT2D eigenvalue weighted by Crippen LogP contribution is 2.33. The third-order valence-corrected chi connectivity index (χ3v) is 5.56. The maximum absolute atomic E-state index is 12.6. The van der Waals surface area contributed by atoms with Gasteiger partial charge in [0.25, 0.3) is 11.1 Å². The van der Waals surface area contributed by atoms with Crippen molar-refractivity contribution in [1.82, 2.24) is 9.80 Å². The number of nitrogens with zero attached hydrogens (tertiary/aromatic N) is 2. The lowest BCUT2D eigenvalue weighted by molar-refractivity contribution is -0.312. The van der Waals surface area contributed by atoms with Gasteiger partial charge in [-0.25, -0.2) is 0 Å². The fourth-order valence-corrected chi connectivity index (χ4v) is 4.06. The van der Waals surface area contributed by atoms with E-state index in [2.05, 4.69) is 0 Å². The summed E-state index contributed by atoms with van der Waals surface area (Å²) < 4.78 is 5.14. The van der Waals surface area contributed by atoms with Crippen LogP contribution in [0.3, 0.4) is 0 Å². The molecule has 8 nitrogen and oxygen atoms in total. The highest BCUT2D eigenvalue weighted by molar-refractivity contribution is 8.18. The monoisotopic (exact) mass is 403 g/mol. The minimum atomic E-state index is -1.32. The third-order valence-electron chi connectivity index (χ3n) is 4.65. The molecule has 3 rings (SSSR count). The van der Waals surface area contributed by atoms with Gasteiger partial charge in [-0.1, -0.05) is 12.1 Å². The molecule has 0 spiro atoms. The number of carboxylic acid groups (broad SMARTS) is 1. The second kappa shape index (κ2) is 8.47. The van der Waals surface area contributed by atoms with E-state index < -0.39 is 35.6 Å². The zero-order valence-electron chi connectivity index (χ0n) is 15.3. The number of hydrogen-bond acceptors (Lipinski definition) is 7. The number of carbonyl (C=O) groups excluding carboxylic acids is 4. The van der Waals surface area contributed by atoms with Crippen molar-refractivity contribution in [2.45, 2.75) is 25.3 Å². The summed E-state index contributed by atoms with van der Waals surface area (Å²) in [4.78, 5) is 50.9. The largest absolute Gasteiger partial charge is 0.548 e. The number of aliphatic carboxylic acids is 1. The lowest BCUT2D eigenvalue weighted by atomic mass is 10.0. The molecule has 28 heavy (non-hydrogen) atoms. The summed E-state index contributed by atoms with van der Waals surface area (Å²) in [6, 6.07) is 5.98. The molecule has 0 unspecified atom stereocenters. The Morgan fingerprint density at radius 3 is 2.82 bits per heavy atom. The van der Waals surface area contributed by atoms with Crippen molar-refractivity contribution in [3.63, 3.8) is 0 Å². The van der Waals surface area contributed by atoms with Crippen LogP contribution in [0.15, 0.2) is 29.2 Å². The van der Waals surface area contributed by atoms with Gasteiger partial charge in [-0.15, -0.1) is 0 Å². The molecular formula is C19H19N2O6S-. The van der Waals surface area contributed by atoms with Crippen LogP contribution < -0.4 is 9.84 Å². The topological polar surface area (TPSA) is 107 Å². The van der Waals surface area contributed by atoms with Crippen LogP contribution in [0.25, 0.3) is 6.08 Å². The summed E-state index contributed by atoms with van der Waals surface area (Å²) >= 11 is 0.744. The molecule has 1 aromatic rings. The Kier molecular flexibility index (Phi) is 6.03. The van der Waals surface area contributed by atoms with E-state index in [0.717, 1.165) is 16.7 Å². The van der Waals surface area contributed by atoms with Gasteiger partial charge in [0.15, 0.2) is 0 Å². The Hall–Kier alpha value is -2.81. The first-order valence-electron chi connectivity index (χ1n) is 8.80. The summed E-state index contributed by atoms with van der Waals surface area (Å²) in [5.74, 6) is -1.85. The third kappa shape index (κ3) is 4.19. The normalized spacial score (nSPS) is 21.3. The van der Waals surface area contributed by atoms with Crippen molar-refractivity contribution in [2.24, 2.45) is 0 Å². The molecule has 2 saturated heterocycles. The molecule has 2 aliphatic heterocycles. The minimum Gasteiger partial charge on any atom is -0.548 e. The predicted octanol–water partition coefficient (Wildman–Crippen LogP) is 0.862. The van der Waals surface area contributed by atoms with Gasteiger partial charge in [-0.05, 0) is 54.8 Å². The number of carboxylic acids is 1. The highest BCUT2D eigenvalue weighted by Gasteiger charge is 2.38. The van der Waals surface area contributed by atoms with E-state index in [0.29, 0.717) is 30.6 Å². The number of hydrogen-bond donors (Lipinski definition) is 0. The highest BCUT2D eigenvalue weighted by atomic mass is 32.2. The van der Waals surface area contributed by atoms with Crippen molar-refractivity contribution in [1.29, 1.82) is 0 Å². The molecule has 0 saturated carbocycles. The van der Waals surface area contributed by atoms with Crippen molar-refractivity contribution < 1.29 is 29.0 Å². The van der Waals surface area contributed by atoms with Crippen molar-refractivity contribution in [3.8, 4) is 5.75 Å². The molecule has 3 amide bonds. The second-order valence-corrected chi connectivity index (χ2v) is 7.46. The lowest BCUT2D eigenvalue weighted by Gasteiger charge is -2.36. The molecule has 0 aromatic heterocycles. The Labute approximate surface area is 166 Å². The lowest BCUT2D eigenvalue weighted by Crippen LogP contribution is -2.55. The van der Waals surface area contributed by atoms with Crippen LogP contribution in [-0.2, 0) is 14.4 Å². The van der Waals surface area contributed by atoms with Crippen molar-refractivity contribution in [2.75, 3.05) is 20.2 Å². The van der Waals surface area contributed by atoms with E-state index in [1.807, 2.05) is 0 Å². The number of rotatable bonds is 5. The summed E-state index contributed by atoms with van der Waals surface area (Å²) in [7, 11) is 1.53. The van der Waals surface area contributed by atoms with Crippen LogP contribution in [0.1, 0.15) is 24.8 Å². The van der Waals surface area contributed by atoms with Gasteiger partial charge in [0.2, 0.25) is 5.91 Å². The maximum Gasteiger partial charge on any atom is 0.294 e. The molecule has 0 radical (unpaired) electrons. The number of methoxy groups -OCH3 is 1. The Morgan fingerprint density at radius 1 is 1.32 bits per heavy atom. The molecule has 9 heteroatoms. The summed E-state index contributed by atoms with van der Waals surface area (Å²) in [5, 5.41) is 10.7. The predicted molar refractivity (Wildman–Crippen MR) is 100 cm³/mol. The van der Waals surface area contributed by atoms with Gasteiger partial charge < -0.3 is 19.5 Å². The quantitative estimate of drug-likeness (QED) is 0.671. The maximum atomic E-state index is 12.6. The van der Waals surface area contributed by atoms with Crippen LogP contribution in [0.5, 0.6) is 5.75 Å². The Morgan fingerprint density at radius 2 is 2.11 bits per heavy atom. The molecule has 148 valence electrons. The number of benzene rings is 1. The van der Waals surface area contributed by atoms with Crippen LogP contribution >= 0.6 is 11.8 Å². The number of piperidine rings is 1. The first kappa shape index (κ1) is 19.9. The zero-order chi connectivity index (χ0) is 20.3. The van der Waals surface area contributed by atoms with Crippen LogP contribution in [-0.4, -0.2) is 59.1 Å². The van der Waals surface area contributed by atoms with E-state index in [1.165, 1.54) is 12.0 Å². The zero-order valence-corrected chi connectivity index (χ0v) is 16.1. The second-order valence-electron chi connectivity index (χ2n) is 6.46. The van der Waals surface area contributed by atoms with E-state index in [4.69, 9.17) is 4.74 Å². The standard InChI is InChI=1S/C19H20N2O6S/c1-27-13-6-4-5-12(9-13)10-15-17(23)21(19(26)28-15)11-16(22)20-8-3-2-7-14(20)18(24)25/h4-6,9-10,14H,2-3,7-8,11H2,1H3,(H,24,25)/p-1/b15-10-/t14-/m0/s1. The molecule has 2 heterocycles. The van der Waals surface area contributed by atoms with E-state index >= 15 is 0 Å². The molecule has 0 aliphatic carbocycles. The summed E-state index contributed by atoms with van der Waals surface area (Å²) in [6.07, 6.45) is 3.23. The average molecular weight is 403 g/mol. The Balaban J connectivity index is 1.73. The molecule has 2 aliphatic rings. The smallest absolute Gasteiger partial charge is 0.294 e. The van der Waals surface area contributed by atoms with Crippen LogP contribution in [0.4, 0.5) is 4.79 Å². The molecule has 1 atom stereocenters. The molecule has 2 fully saturated rings. The van der Waals surface area contributed by atoms with Crippen molar-refractivity contribution >= 4 is 40.9 Å². The number of thioether (sulfide) groups is 1. The fourth-order valence-electron chi connectivity index (χ4n) is 3.22. The molecule has 0 bridgehead atoms. The average Bonchev–Trinajstić information content (AvgIpc) is 2.95. The van der Waals surface area contributed by atoms with E-state index in [9.17, 15) is 24.3 Å². The van der Waals surface area contributed by atoms with Gasteiger partial charge in [-0.2, -0.15) is 0 Å². The fraction of sp³-hybridized carbons (Fsp3) is 0.368. The summed E-state index contributed by atoms with van der Waals surface area (Å²) in [5.41, 5.74) is 0.684. The van der Waals surface area contributed by atoms with E-state index in [1.54, 1.807) is 30.3 Å². The van der Waals surface area contributed by atoms with Gasteiger partial charge >= 0.3 is 0 Å². The molecule has 0 N–H and O–H groups in total. The number of imide groups is 1. The first-order chi connectivity index (χ1) is 13.4. The van der Waals surface area contributed by atoms with Gasteiger partial charge in [-0.3, -0.25) is 19.3 Å². The molecular weight excluding hydrogens is 384 g/mol. The number of amides is 3. The van der Waals surface area contributed by atoms with Crippen LogP contribution in [0, 0.1) is 0 Å². The van der Waals surface area contributed by atoms with Gasteiger partial charge in [0.05, 0.1) is 24.0 Å². The summed E-state index contributed by atoms with van der Waals surface area (Å²) in [6.45, 7) is -0.211. The molecule has 1 aromatic carbocycles. The van der Waals surface area contributed by atoms with E-state index in [-0.39, 0.29) is 11.4 Å². The number of carbonyl (C=O) groups is 4. The number of likely N-dealkylation sites (tertiary alicyclic amines) is 1. The Bertz CT molecular complexity index is 853.